The first-order chi connectivity index (χ1) is 12.6. The summed E-state index contributed by atoms with van der Waals surface area (Å²) in [6, 6.07) is 14.8. The van der Waals surface area contributed by atoms with Crippen LogP contribution >= 0.6 is 0 Å². The molecule has 0 aliphatic carbocycles. The predicted molar refractivity (Wildman–Crippen MR) is 105 cm³/mol. The van der Waals surface area contributed by atoms with E-state index in [9.17, 15) is 9.59 Å². The molecule has 0 atom stereocenters. The zero-order chi connectivity index (χ0) is 18.5. The van der Waals surface area contributed by atoms with E-state index in [1.807, 2.05) is 29.2 Å². The lowest BCUT2D eigenvalue weighted by molar-refractivity contribution is 0.0697. The normalized spacial score (nSPS) is 14.9. The molecule has 2 aromatic carbocycles. The summed E-state index contributed by atoms with van der Waals surface area (Å²) in [5.41, 5.74) is 3.20. The molecule has 136 valence electrons. The van der Waals surface area contributed by atoms with Gasteiger partial charge in [0.25, 0.3) is 11.8 Å². The Kier molecular flexibility index (Phi) is 5.71. The van der Waals surface area contributed by atoms with Gasteiger partial charge in [0.2, 0.25) is 0 Å². The summed E-state index contributed by atoms with van der Waals surface area (Å²) in [7, 11) is 0. The highest BCUT2D eigenvalue weighted by molar-refractivity contribution is 6.05. The highest BCUT2D eigenvalue weighted by atomic mass is 16.2. The Bertz CT molecular complexity index is 758. The minimum atomic E-state index is -0.167. The van der Waals surface area contributed by atoms with Crippen molar-refractivity contribution in [3.05, 3.63) is 65.2 Å². The molecular formula is C22H26N2O2. The minimum absolute atomic E-state index is 0.0546. The van der Waals surface area contributed by atoms with Gasteiger partial charge < -0.3 is 10.2 Å². The molecule has 4 heteroatoms. The maximum Gasteiger partial charge on any atom is 0.255 e. The number of anilines is 1. The van der Waals surface area contributed by atoms with E-state index in [2.05, 4.69) is 19.2 Å². The number of hydrogen-bond donors (Lipinski definition) is 1. The number of nitrogens with one attached hydrogen (secondary N) is 1. The molecule has 2 aromatic rings. The second-order valence-corrected chi connectivity index (χ2v) is 7.06. The molecule has 0 radical (unpaired) electrons. The molecular weight excluding hydrogens is 324 g/mol. The van der Waals surface area contributed by atoms with Crippen molar-refractivity contribution in [3.8, 4) is 0 Å². The molecule has 1 saturated heterocycles. The molecule has 4 nitrogen and oxygen atoms in total. The first kappa shape index (κ1) is 18.2. The molecule has 0 aromatic heterocycles. The Labute approximate surface area is 155 Å². The number of carbonyl (C=O) groups is 2. The highest BCUT2D eigenvalue weighted by Gasteiger charge is 2.21. The van der Waals surface area contributed by atoms with Gasteiger partial charge in [-0.05, 0) is 67.1 Å². The fraction of sp³-hybridized carbons (Fsp3) is 0.364. The van der Waals surface area contributed by atoms with E-state index in [0.29, 0.717) is 17.0 Å². The summed E-state index contributed by atoms with van der Waals surface area (Å²) < 4.78 is 0. The summed E-state index contributed by atoms with van der Waals surface area (Å²) in [5.74, 6) is 0.579. The smallest absolute Gasteiger partial charge is 0.255 e. The third kappa shape index (κ3) is 4.31. The fourth-order valence-electron chi connectivity index (χ4n) is 3.19. The Balaban J connectivity index is 1.62. The molecule has 0 bridgehead atoms. The largest absolute Gasteiger partial charge is 0.339 e. The van der Waals surface area contributed by atoms with Gasteiger partial charge in [0.1, 0.15) is 0 Å². The van der Waals surface area contributed by atoms with E-state index >= 15 is 0 Å². The van der Waals surface area contributed by atoms with E-state index in [-0.39, 0.29) is 11.8 Å². The number of aryl methyl sites for hydroxylation is 1. The van der Waals surface area contributed by atoms with Crippen LogP contribution in [0.1, 0.15) is 53.0 Å². The number of piperidine rings is 1. The van der Waals surface area contributed by atoms with Crippen LogP contribution in [0.3, 0.4) is 0 Å². The average Bonchev–Trinajstić information content (AvgIpc) is 2.69. The summed E-state index contributed by atoms with van der Waals surface area (Å²) in [4.78, 5) is 26.9. The molecule has 1 aliphatic rings. The second-order valence-electron chi connectivity index (χ2n) is 7.06. The van der Waals surface area contributed by atoms with Gasteiger partial charge in [-0.2, -0.15) is 0 Å². The van der Waals surface area contributed by atoms with Crippen LogP contribution in [0.15, 0.2) is 48.5 Å². The van der Waals surface area contributed by atoms with E-state index in [0.717, 1.165) is 38.0 Å². The number of amides is 2. The lowest BCUT2D eigenvalue weighted by Gasteiger charge is -2.30. The maximum absolute atomic E-state index is 12.6. The molecule has 1 heterocycles. The third-order valence-electron chi connectivity index (χ3n) is 5.08. The first-order valence-corrected chi connectivity index (χ1v) is 9.36. The van der Waals surface area contributed by atoms with Gasteiger partial charge in [0.15, 0.2) is 0 Å². The molecule has 1 N–H and O–H groups in total. The number of rotatable bonds is 4. The molecule has 1 aliphatic heterocycles. The Morgan fingerprint density at radius 1 is 0.962 bits per heavy atom. The van der Waals surface area contributed by atoms with Crippen molar-refractivity contribution < 1.29 is 9.59 Å². The first-order valence-electron chi connectivity index (χ1n) is 9.36. The van der Waals surface area contributed by atoms with Gasteiger partial charge in [0.05, 0.1) is 0 Å². The van der Waals surface area contributed by atoms with Gasteiger partial charge in [-0.3, -0.25) is 9.59 Å². The summed E-state index contributed by atoms with van der Waals surface area (Å²) in [5, 5.41) is 2.89. The minimum Gasteiger partial charge on any atom is -0.339 e. The zero-order valence-corrected chi connectivity index (χ0v) is 15.5. The number of hydrogen-bond acceptors (Lipinski definition) is 2. The zero-order valence-electron chi connectivity index (χ0n) is 15.5. The van der Waals surface area contributed by atoms with Crippen LogP contribution in [0.25, 0.3) is 0 Å². The van der Waals surface area contributed by atoms with Crippen molar-refractivity contribution in [2.45, 2.75) is 33.1 Å². The molecule has 0 spiro atoms. The standard InChI is InChI=1S/C22H26N2O2/c1-3-17-4-10-20(11-5-17)23-21(25)18-6-8-19(9-7-18)22(26)24-14-12-16(2)13-15-24/h4-11,16H,3,12-15H2,1-2H3,(H,23,25). The Morgan fingerprint density at radius 3 is 2.12 bits per heavy atom. The van der Waals surface area contributed by atoms with Crippen molar-refractivity contribution in [2.24, 2.45) is 5.92 Å². The number of nitrogens with zero attached hydrogens (tertiary/aromatic N) is 1. The van der Waals surface area contributed by atoms with Crippen molar-refractivity contribution in [1.82, 2.24) is 4.90 Å². The van der Waals surface area contributed by atoms with E-state index in [1.165, 1.54) is 5.56 Å². The van der Waals surface area contributed by atoms with Crippen LogP contribution < -0.4 is 5.32 Å². The quantitative estimate of drug-likeness (QED) is 0.890. The lowest BCUT2D eigenvalue weighted by atomic mass is 9.98. The van der Waals surface area contributed by atoms with Crippen LogP contribution in [-0.2, 0) is 6.42 Å². The molecule has 3 rings (SSSR count). The van der Waals surface area contributed by atoms with Crippen LogP contribution in [0.2, 0.25) is 0 Å². The maximum atomic E-state index is 12.6. The van der Waals surface area contributed by atoms with Gasteiger partial charge in [-0.1, -0.05) is 26.0 Å². The lowest BCUT2D eigenvalue weighted by Crippen LogP contribution is -2.37. The van der Waals surface area contributed by atoms with Crippen molar-refractivity contribution in [1.29, 1.82) is 0 Å². The van der Waals surface area contributed by atoms with E-state index < -0.39 is 0 Å². The number of likely N-dealkylation sites (tertiary alicyclic amines) is 1. The van der Waals surface area contributed by atoms with Crippen molar-refractivity contribution in [2.75, 3.05) is 18.4 Å². The highest BCUT2D eigenvalue weighted by Crippen LogP contribution is 2.19. The summed E-state index contributed by atoms with van der Waals surface area (Å²) in [6.07, 6.45) is 3.09. The van der Waals surface area contributed by atoms with Gasteiger partial charge in [-0.15, -0.1) is 0 Å². The van der Waals surface area contributed by atoms with Crippen molar-refractivity contribution >= 4 is 17.5 Å². The van der Waals surface area contributed by atoms with Gasteiger partial charge in [-0.25, -0.2) is 0 Å². The monoisotopic (exact) mass is 350 g/mol. The SMILES string of the molecule is CCc1ccc(NC(=O)c2ccc(C(=O)N3CCC(C)CC3)cc2)cc1. The molecule has 0 saturated carbocycles. The molecule has 26 heavy (non-hydrogen) atoms. The molecule has 0 unspecified atom stereocenters. The summed E-state index contributed by atoms with van der Waals surface area (Å²) >= 11 is 0. The van der Waals surface area contributed by atoms with Gasteiger partial charge >= 0.3 is 0 Å². The van der Waals surface area contributed by atoms with Crippen LogP contribution in [0.4, 0.5) is 5.69 Å². The predicted octanol–water partition coefficient (Wildman–Crippen LogP) is 4.37. The van der Waals surface area contributed by atoms with Crippen LogP contribution in [0.5, 0.6) is 0 Å². The van der Waals surface area contributed by atoms with E-state index in [1.54, 1.807) is 24.3 Å². The Hall–Kier alpha value is -2.62. The molecule has 2 amide bonds. The summed E-state index contributed by atoms with van der Waals surface area (Å²) in [6.45, 7) is 5.96. The topological polar surface area (TPSA) is 49.4 Å². The number of benzene rings is 2. The van der Waals surface area contributed by atoms with E-state index in [4.69, 9.17) is 0 Å². The number of carbonyl (C=O) groups excluding carboxylic acids is 2. The fourth-order valence-corrected chi connectivity index (χ4v) is 3.19. The van der Waals surface area contributed by atoms with Crippen LogP contribution in [-0.4, -0.2) is 29.8 Å². The third-order valence-corrected chi connectivity index (χ3v) is 5.08. The van der Waals surface area contributed by atoms with Gasteiger partial charge in [0, 0.05) is 29.9 Å². The molecule has 1 fully saturated rings. The van der Waals surface area contributed by atoms with Crippen molar-refractivity contribution in [3.63, 3.8) is 0 Å². The average molecular weight is 350 g/mol. The van der Waals surface area contributed by atoms with Crippen LogP contribution in [0, 0.1) is 5.92 Å². The second kappa shape index (κ2) is 8.17. The Morgan fingerprint density at radius 2 is 1.54 bits per heavy atom.